The molecule has 0 aliphatic carbocycles. The zero-order valence-electron chi connectivity index (χ0n) is 10.8. The number of nitrogens with zero attached hydrogens (tertiary/aromatic N) is 1. The summed E-state index contributed by atoms with van der Waals surface area (Å²) in [4.78, 5) is 15.1. The number of nitrogens with one attached hydrogen (secondary N) is 1. The van der Waals surface area contributed by atoms with Crippen LogP contribution in [0.15, 0.2) is 18.2 Å². The van der Waals surface area contributed by atoms with Gasteiger partial charge in [0, 0.05) is 6.92 Å². The molecule has 0 aliphatic heterocycles. The highest BCUT2D eigenvalue weighted by molar-refractivity contribution is 5.83. The van der Waals surface area contributed by atoms with Crippen molar-refractivity contribution in [1.82, 2.24) is 4.98 Å². The second-order valence-corrected chi connectivity index (χ2v) is 4.92. The van der Waals surface area contributed by atoms with E-state index in [1.165, 1.54) is 18.2 Å². The molecule has 0 aromatic carbocycles. The lowest BCUT2D eigenvalue weighted by Crippen LogP contribution is -2.27. The number of hydrogen-bond donors (Lipinski definition) is 1. The Morgan fingerprint density at radius 1 is 1.28 bits per heavy atom. The van der Waals surface area contributed by atoms with Gasteiger partial charge in [-0.25, -0.2) is 9.78 Å². The van der Waals surface area contributed by atoms with E-state index in [-0.39, 0.29) is 5.82 Å². The Morgan fingerprint density at radius 3 is 2.39 bits per heavy atom. The molecular weight excluding hydrogens is 242 g/mol. The van der Waals surface area contributed by atoms with Crippen LogP contribution < -0.4 is 5.32 Å². The summed E-state index contributed by atoms with van der Waals surface area (Å²) in [6, 6.07) is 4.01. The van der Waals surface area contributed by atoms with Crippen LogP contribution in [0.2, 0.25) is 0 Å². The summed E-state index contributed by atoms with van der Waals surface area (Å²) in [6.45, 7) is 5.86. The molecule has 0 atom stereocenters. The topological polar surface area (TPSA) is 51.2 Å². The van der Waals surface area contributed by atoms with Crippen LogP contribution in [0.25, 0.3) is 0 Å². The third-order valence-electron chi connectivity index (χ3n) is 1.83. The first-order valence-corrected chi connectivity index (χ1v) is 5.43. The third kappa shape index (κ3) is 4.65. The van der Waals surface area contributed by atoms with Gasteiger partial charge in [-0.1, -0.05) is 6.07 Å². The van der Waals surface area contributed by atoms with E-state index in [1.54, 1.807) is 20.8 Å². The Morgan fingerprint density at radius 2 is 1.89 bits per heavy atom. The van der Waals surface area contributed by atoms with Gasteiger partial charge < -0.3 is 4.74 Å². The number of anilines is 1. The van der Waals surface area contributed by atoms with Gasteiger partial charge >= 0.3 is 6.09 Å². The van der Waals surface area contributed by atoms with Gasteiger partial charge in [-0.15, -0.1) is 0 Å². The fourth-order valence-corrected chi connectivity index (χ4v) is 1.16. The van der Waals surface area contributed by atoms with Crippen molar-refractivity contribution in [2.24, 2.45) is 0 Å². The Bertz CT molecular complexity index is 436. The molecule has 4 nitrogen and oxygen atoms in total. The lowest BCUT2D eigenvalue weighted by molar-refractivity contribution is 0.0128. The number of aromatic nitrogens is 1. The summed E-state index contributed by atoms with van der Waals surface area (Å²) in [7, 11) is 0. The molecule has 0 fully saturated rings. The van der Waals surface area contributed by atoms with Crippen molar-refractivity contribution in [2.75, 3.05) is 5.32 Å². The van der Waals surface area contributed by atoms with Crippen LogP contribution in [-0.4, -0.2) is 16.7 Å². The molecule has 0 saturated carbocycles. The van der Waals surface area contributed by atoms with Crippen LogP contribution in [-0.2, 0) is 10.7 Å². The van der Waals surface area contributed by atoms with Gasteiger partial charge in [-0.3, -0.25) is 5.32 Å². The summed E-state index contributed by atoms with van der Waals surface area (Å²) in [6.07, 6.45) is -0.730. The number of ether oxygens (including phenoxy) is 1. The van der Waals surface area contributed by atoms with Crippen molar-refractivity contribution in [2.45, 2.75) is 39.2 Å². The number of halogens is 2. The highest BCUT2D eigenvalue weighted by Gasteiger charge is 2.26. The number of rotatable bonds is 2. The van der Waals surface area contributed by atoms with Crippen molar-refractivity contribution in [3.05, 3.63) is 23.9 Å². The number of pyridine rings is 1. The van der Waals surface area contributed by atoms with Gasteiger partial charge in [0.15, 0.2) is 0 Å². The summed E-state index contributed by atoms with van der Waals surface area (Å²) in [5, 5.41) is 2.31. The van der Waals surface area contributed by atoms with Crippen molar-refractivity contribution in [3.8, 4) is 0 Å². The average Bonchev–Trinajstić information content (AvgIpc) is 2.13. The van der Waals surface area contributed by atoms with Crippen molar-refractivity contribution in [1.29, 1.82) is 0 Å². The Hall–Kier alpha value is -1.72. The molecule has 0 aliphatic rings. The molecule has 0 radical (unpaired) electrons. The fraction of sp³-hybridized carbons (Fsp3) is 0.500. The van der Waals surface area contributed by atoms with Crippen LogP contribution in [0, 0.1) is 0 Å². The van der Waals surface area contributed by atoms with E-state index in [0.717, 1.165) is 6.92 Å². The van der Waals surface area contributed by atoms with E-state index in [4.69, 9.17) is 4.74 Å². The summed E-state index contributed by atoms with van der Waals surface area (Å²) < 4.78 is 31.1. The highest BCUT2D eigenvalue weighted by atomic mass is 19.3. The minimum Gasteiger partial charge on any atom is -0.444 e. The Kier molecular flexibility index (Phi) is 3.88. The van der Waals surface area contributed by atoms with Crippen LogP contribution in [0.3, 0.4) is 0 Å². The van der Waals surface area contributed by atoms with Gasteiger partial charge in [-0.05, 0) is 32.9 Å². The monoisotopic (exact) mass is 258 g/mol. The second-order valence-electron chi connectivity index (χ2n) is 4.92. The van der Waals surface area contributed by atoms with E-state index in [2.05, 4.69) is 10.3 Å². The lowest BCUT2D eigenvalue weighted by atomic mass is 10.2. The molecule has 1 aromatic heterocycles. The van der Waals surface area contributed by atoms with Crippen LogP contribution >= 0.6 is 0 Å². The predicted octanol–water partition coefficient (Wildman–Crippen LogP) is 3.54. The molecule has 0 unspecified atom stereocenters. The van der Waals surface area contributed by atoms with E-state index in [1.807, 2.05) is 0 Å². The molecule has 100 valence electrons. The predicted molar refractivity (Wildman–Crippen MR) is 63.7 cm³/mol. The molecule has 1 heterocycles. The minimum atomic E-state index is -3.05. The maximum atomic E-state index is 13.0. The number of hydrogen-bond acceptors (Lipinski definition) is 3. The molecule has 1 rings (SSSR count). The minimum absolute atomic E-state index is 0.0308. The maximum absolute atomic E-state index is 13.0. The molecular formula is C12H16F2N2O2. The highest BCUT2D eigenvalue weighted by Crippen LogP contribution is 2.25. The number of alkyl halides is 2. The molecule has 0 bridgehead atoms. The van der Waals surface area contributed by atoms with Crippen molar-refractivity contribution >= 4 is 11.9 Å². The van der Waals surface area contributed by atoms with Crippen LogP contribution in [0.1, 0.15) is 33.4 Å². The van der Waals surface area contributed by atoms with Gasteiger partial charge in [0.2, 0.25) is 0 Å². The van der Waals surface area contributed by atoms with Gasteiger partial charge in [-0.2, -0.15) is 8.78 Å². The standard InChI is InChI=1S/C12H16F2N2O2/c1-11(2,3)18-10(17)16-9-7-5-6-8(15-9)12(4,13)14/h5-7H,1-4H3,(H,15,16,17). The van der Waals surface area contributed by atoms with E-state index >= 15 is 0 Å². The zero-order chi connectivity index (χ0) is 14.0. The second kappa shape index (κ2) is 4.88. The molecule has 1 amide bonds. The quantitative estimate of drug-likeness (QED) is 0.882. The van der Waals surface area contributed by atoms with E-state index in [0.29, 0.717) is 0 Å². The number of carbonyl (C=O) groups is 1. The maximum Gasteiger partial charge on any atom is 0.413 e. The summed E-state index contributed by atoms with van der Waals surface area (Å²) >= 11 is 0. The summed E-state index contributed by atoms with van der Waals surface area (Å²) in [5.74, 6) is -3.02. The molecule has 18 heavy (non-hydrogen) atoms. The van der Waals surface area contributed by atoms with E-state index in [9.17, 15) is 13.6 Å². The Balaban J connectivity index is 2.77. The van der Waals surface area contributed by atoms with Crippen molar-refractivity contribution < 1.29 is 18.3 Å². The SMILES string of the molecule is CC(C)(C)OC(=O)Nc1cccc(C(C)(F)F)n1. The number of carbonyl (C=O) groups excluding carboxylic acids is 1. The van der Waals surface area contributed by atoms with Gasteiger partial charge in [0.25, 0.3) is 5.92 Å². The fourth-order valence-electron chi connectivity index (χ4n) is 1.16. The zero-order valence-corrected chi connectivity index (χ0v) is 10.8. The third-order valence-corrected chi connectivity index (χ3v) is 1.83. The van der Waals surface area contributed by atoms with Crippen LogP contribution in [0.5, 0.6) is 0 Å². The molecule has 0 saturated heterocycles. The van der Waals surface area contributed by atoms with Crippen molar-refractivity contribution in [3.63, 3.8) is 0 Å². The molecule has 1 aromatic rings. The number of amides is 1. The summed E-state index contributed by atoms with van der Waals surface area (Å²) in [5.41, 5.74) is -1.06. The average molecular weight is 258 g/mol. The molecule has 6 heteroatoms. The van der Waals surface area contributed by atoms with Gasteiger partial charge in [0.05, 0.1) is 0 Å². The lowest BCUT2D eigenvalue weighted by Gasteiger charge is -2.19. The largest absolute Gasteiger partial charge is 0.444 e. The van der Waals surface area contributed by atoms with Crippen LogP contribution in [0.4, 0.5) is 19.4 Å². The Labute approximate surface area is 104 Å². The normalized spacial score (nSPS) is 12.1. The molecule has 1 N–H and O–H groups in total. The first-order chi connectivity index (χ1) is 8.08. The van der Waals surface area contributed by atoms with Gasteiger partial charge in [0.1, 0.15) is 17.1 Å². The van der Waals surface area contributed by atoms with E-state index < -0.39 is 23.3 Å². The smallest absolute Gasteiger partial charge is 0.413 e. The molecule has 0 spiro atoms. The first-order valence-electron chi connectivity index (χ1n) is 5.43. The first kappa shape index (κ1) is 14.3.